The minimum atomic E-state index is -1.24. The highest BCUT2D eigenvalue weighted by Gasteiger charge is 2.35. The topological polar surface area (TPSA) is 167 Å². The second-order valence-electron chi connectivity index (χ2n) is 8.25. The lowest BCUT2D eigenvalue weighted by Crippen LogP contribution is -2.52. The average molecular weight is 571 g/mol. The zero-order chi connectivity index (χ0) is 26.7. The van der Waals surface area contributed by atoms with E-state index in [9.17, 15) is 19.5 Å². The molecule has 0 unspecified atom stereocenters. The lowest BCUT2D eigenvalue weighted by Gasteiger charge is -2.38. The van der Waals surface area contributed by atoms with Crippen LogP contribution in [0.15, 0.2) is 12.4 Å². The van der Waals surface area contributed by atoms with E-state index in [-0.39, 0.29) is 51.5 Å². The molecule has 2 atom stereocenters. The van der Waals surface area contributed by atoms with Crippen LogP contribution in [-0.2, 0) is 4.74 Å². The van der Waals surface area contributed by atoms with Crippen molar-refractivity contribution >= 4 is 57.5 Å². The minimum Gasteiger partial charge on any atom is -0.477 e. The van der Waals surface area contributed by atoms with Gasteiger partial charge in [-0.3, -0.25) is 9.59 Å². The number of nitrogens with one attached hydrogen (secondary N) is 3. The lowest BCUT2D eigenvalue weighted by atomic mass is 9.99. The first-order chi connectivity index (χ1) is 17.7. The number of aromatic amines is 1. The summed E-state index contributed by atoms with van der Waals surface area (Å²) in [6.45, 7) is 2.97. The number of aromatic carboxylic acids is 1. The number of halogens is 2. The van der Waals surface area contributed by atoms with Crippen LogP contribution in [0.5, 0.6) is 0 Å². The fourth-order valence-corrected chi connectivity index (χ4v) is 5.35. The second-order valence-corrected chi connectivity index (χ2v) is 9.98. The van der Waals surface area contributed by atoms with Gasteiger partial charge in [-0.05, 0) is 13.3 Å². The third-order valence-corrected chi connectivity index (χ3v) is 7.90. The zero-order valence-corrected chi connectivity index (χ0v) is 22.2. The minimum absolute atomic E-state index is 0.145. The van der Waals surface area contributed by atoms with E-state index in [4.69, 9.17) is 27.9 Å². The van der Waals surface area contributed by atoms with Gasteiger partial charge in [-0.15, -0.1) is 5.10 Å². The summed E-state index contributed by atoms with van der Waals surface area (Å²) in [6.07, 6.45) is 3.67. The Labute approximate surface area is 225 Å². The third-order valence-electron chi connectivity index (χ3n) is 5.85. The van der Waals surface area contributed by atoms with Crippen LogP contribution < -0.4 is 15.5 Å². The summed E-state index contributed by atoms with van der Waals surface area (Å²) in [5.74, 6) is -2.25. The Morgan fingerprint density at radius 2 is 2.08 bits per heavy atom. The molecule has 0 radical (unpaired) electrons. The first-order valence-electron chi connectivity index (χ1n) is 11.2. The summed E-state index contributed by atoms with van der Waals surface area (Å²) in [6, 6.07) is -0.735. The van der Waals surface area contributed by atoms with Crippen LogP contribution in [0.1, 0.15) is 48.8 Å². The molecule has 3 aromatic heterocycles. The fourth-order valence-electron chi connectivity index (χ4n) is 4.00. The molecular weight excluding hydrogens is 547 g/mol. The van der Waals surface area contributed by atoms with Gasteiger partial charge in [-0.25, -0.2) is 14.5 Å². The number of carbonyl (C=O) groups excluding carboxylic acids is 2. The molecule has 13 nitrogen and oxygen atoms in total. The molecule has 1 saturated heterocycles. The van der Waals surface area contributed by atoms with Crippen molar-refractivity contribution < 1.29 is 24.2 Å². The van der Waals surface area contributed by atoms with Gasteiger partial charge in [0.1, 0.15) is 10.6 Å². The van der Waals surface area contributed by atoms with Crippen molar-refractivity contribution in [2.45, 2.75) is 25.4 Å². The number of thiazole rings is 1. The predicted octanol–water partition coefficient (Wildman–Crippen LogP) is 2.00. The first kappa shape index (κ1) is 26.9. The highest BCUT2D eigenvalue weighted by Crippen LogP contribution is 2.33. The average Bonchev–Trinajstić information content (AvgIpc) is 3.62. The molecule has 3 aromatic rings. The van der Waals surface area contributed by atoms with Crippen LogP contribution in [0.25, 0.3) is 0 Å². The maximum Gasteiger partial charge on any atom is 0.348 e. The van der Waals surface area contributed by atoms with Gasteiger partial charge in [0.2, 0.25) is 0 Å². The van der Waals surface area contributed by atoms with Crippen LogP contribution in [0.4, 0.5) is 5.13 Å². The first-order valence-corrected chi connectivity index (χ1v) is 12.7. The maximum atomic E-state index is 13.0. The Hall–Kier alpha value is -3.20. The van der Waals surface area contributed by atoms with Gasteiger partial charge in [0, 0.05) is 38.6 Å². The number of anilines is 1. The molecule has 0 aliphatic carbocycles. The van der Waals surface area contributed by atoms with Crippen molar-refractivity contribution in [1.82, 2.24) is 35.6 Å². The molecule has 16 heteroatoms. The van der Waals surface area contributed by atoms with E-state index < -0.39 is 17.8 Å². The number of aromatic nitrogens is 5. The number of aryl methyl sites for hydroxylation is 1. The molecule has 1 aliphatic rings. The largest absolute Gasteiger partial charge is 0.477 e. The zero-order valence-electron chi connectivity index (χ0n) is 19.8. The number of ether oxygens (including phenoxy) is 1. The lowest BCUT2D eigenvalue weighted by molar-refractivity contribution is 0.0695. The summed E-state index contributed by atoms with van der Waals surface area (Å²) in [5.41, 5.74) is 0.587. The smallest absolute Gasteiger partial charge is 0.348 e. The van der Waals surface area contributed by atoms with E-state index in [0.29, 0.717) is 30.3 Å². The van der Waals surface area contributed by atoms with Gasteiger partial charge in [0.25, 0.3) is 11.8 Å². The highest BCUT2D eigenvalue weighted by atomic mass is 35.5. The molecule has 1 fully saturated rings. The number of methoxy groups -OCH3 is 1. The molecule has 0 aromatic carbocycles. The number of amides is 2. The molecular formula is C21H24Cl2N8O5S. The number of hydrogen-bond donors (Lipinski definition) is 4. The number of piperidine rings is 1. The van der Waals surface area contributed by atoms with Crippen molar-refractivity contribution in [2.24, 2.45) is 0 Å². The number of nitrogens with zero attached hydrogens (tertiary/aromatic N) is 5. The fraction of sp³-hybridized carbons (Fsp3) is 0.429. The molecule has 4 heterocycles. The molecule has 2 amide bonds. The molecule has 4 rings (SSSR count). The van der Waals surface area contributed by atoms with Gasteiger partial charge in [0.15, 0.2) is 10.8 Å². The maximum absolute atomic E-state index is 13.0. The van der Waals surface area contributed by atoms with E-state index in [1.807, 2.05) is 4.90 Å². The molecule has 37 heavy (non-hydrogen) atoms. The summed E-state index contributed by atoms with van der Waals surface area (Å²) < 4.78 is 6.54. The number of hydrogen-bond acceptors (Lipinski definition) is 9. The normalized spacial score (nSPS) is 17.6. The van der Waals surface area contributed by atoms with E-state index >= 15 is 0 Å². The van der Waals surface area contributed by atoms with Crippen LogP contribution in [0.2, 0.25) is 10.0 Å². The third kappa shape index (κ3) is 5.71. The van der Waals surface area contributed by atoms with Crippen LogP contribution in [0, 0.1) is 6.92 Å². The monoisotopic (exact) mass is 570 g/mol. The van der Waals surface area contributed by atoms with Gasteiger partial charge in [0.05, 0.1) is 34.9 Å². The van der Waals surface area contributed by atoms with E-state index in [1.54, 1.807) is 17.8 Å². The number of carboxylic acid groups (broad SMARTS) is 1. The number of rotatable bonds is 9. The number of carboxylic acids is 1. The van der Waals surface area contributed by atoms with Crippen molar-refractivity contribution in [3.05, 3.63) is 44.4 Å². The van der Waals surface area contributed by atoms with Crippen LogP contribution >= 0.6 is 34.5 Å². The Morgan fingerprint density at radius 1 is 1.30 bits per heavy atom. The Morgan fingerprint density at radius 3 is 2.70 bits per heavy atom. The van der Waals surface area contributed by atoms with Gasteiger partial charge in [-0.2, -0.15) is 0 Å². The molecule has 0 saturated carbocycles. The summed E-state index contributed by atoms with van der Waals surface area (Å²) in [5, 5.41) is 24.0. The van der Waals surface area contributed by atoms with Crippen molar-refractivity contribution in [3.63, 3.8) is 0 Å². The van der Waals surface area contributed by atoms with Crippen molar-refractivity contribution in [3.8, 4) is 0 Å². The van der Waals surface area contributed by atoms with E-state index in [2.05, 4.69) is 30.9 Å². The van der Waals surface area contributed by atoms with Gasteiger partial charge >= 0.3 is 5.97 Å². The van der Waals surface area contributed by atoms with E-state index in [0.717, 1.165) is 11.3 Å². The quantitative estimate of drug-likeness (QED) is 0.281. The predicted molar refractivity (Wildman–Crippen MR) is 136 cm³/mol. The second kappa shape index (κ2) is 11.5. The molecule has 0 spiro atoms. The van der Waals surface area contributed by atoms with E-state index in [1.165, 1.54) is 13.3 Å². The molecule has 4 N–H and O–H groups in total. The number of carbonyl (C=O) groups is 3. The molecule has 0 bridgehead atoms. The summed E-state index contributed by atoms with van der Waals surface area (Å²) in [7, 11) is 1.50. The van der Waals surface area contributed by atoms with Crippen LogP contribution in [0.3, 0.4) is 0 Å². The van der Waals surface area contributed by atoms with Gasteiger partial charge in [-0.1, -0.05) is 39.8 Å². The molecule has 1 aliphatic heterocycles. The van der Waals surface area contributed by atoms with Crippen molar-refractivity contribution in [2.75, 3.05) is 38.3 Å². The highest BCUT2D eigenvalue weighted by molar-refractivity contribution is 7.17. The Bertz CT molecular complexity index is 1290. The Balaban J connectivity index is 1.55. The Kier molecular flexibility index (Phi) is 8.32. The summed E-state index contributed by atoms with van der Waals surface area (Å²) in [4.78, 5) is 46.3. The van der Waals surface area contributed by atoms with Crippen LogP contribution in [-0.4, -0.2) is 87.2 Å². The summed E-state index contributed by atoms with van der Waals surface area (Å²) >= 11 is 13.3. The standard InChI is InChI=1S/C21H24Cl2N8O5S/c1-10-13(22)14(23)15(26-10)19(33)27-11-3-6-30(9-12(11)31-7-4-25-29-31)21-28-16(17(37-21)20(34)35)18(32)24-5-8-36-2/h4,7,11-12,26H,3,5-6,8-9H2,1-2H3,(H,24,32)(H,27,33)(H,34,35)/t11-,12+/m1/s1. The van der Waals surface area contributed by atoms with Crippen molar-refractivity contribution in [1.29, 1.82) is 0 Å². The molecule has 198 valence electrons. The SMILES string of the molecule is COCCNC(=O)c1nc(N2CC[C@@H](NC(=O)c3[nH]c(C)c(Cl)c3Cl)[C@@H](n3ccnn3)C2)sc1C(=O)O. The van der Waals surface area contributed by atoms with Gasteiger partial charge < -0.3 is 30.4 Å². The number of H-pyrrole nitrogens is 1.